The Bertz CT molecular complexity index is 897. The number of amides is 2. The molecule has 6 nitrogen and oxygen atoms in total. The van der Waals surface area contributed by atoms with Crippen LogP contribution in [-0.2, 0) is 11.3 Å². The summed E-state index contributed by atoms with van der Waals surface area (Å²) in [5.41, 5.74) is 2.49. The fourth-order valence-electron chi connectivity index (χ4n) is 3.60. The predicted molar refractivity (Wildman–Crippen MR) is 116 cm³/mol. The molecular weight excluding hydrogens is 380 g/mol. The smallest absolute Gasteiger partial charge is 0.251 e. The third kappa shape index (κ3) is 5.32. The van der Waals surface area contributed by atoms with E-state index in [1.54, 1.807) is 6.07 Å². The van der Waals surface area contributed by atoms with Crippen molar-refractivity contribution in [3.63, 3.8) is 0 Å². The Morgan fingerprint density at radius 1 is 1.10 bits per heavy atom. The molecule has 1 aliphatic heterocycles. The standard InChI is InChI=1S/C24H30N2O4/c1-4-29-21-12-11-19(15-22(21)30-5-2)17(3)25-24(28)20-9-6-8-18(14-20)16-26-13-7-10-23(26)27/h6,8-9,11-12,14-15,17H,4-5,7,10,13,16H2,1-3H3,(H,25,28)/t17-/m0/s1. The largest absolute Gasteiger partial charge is 0.490 e. The molecule has 0 saturated carbocycles. The quantitative estimate of drug-likeness (QED) is 0.676. The number of hydrogen-bond donors (Lipinski definition) is 1. The van der Waals surface area contributed by atoms with Gasteiger partial charge in [-0.05, 0) is 62.6 Å². The molecule has 2 amide bonds. The van der Waals surface area contributed by atoms with Gasteiger partial charge in [0.15, 0.2) is 11.5 Å². The van der Waals surface area contributed by atoms with E-state index in [1.165, 1.54) is 0 Å². The van der Waals surface area contributed by atoms with Crippen LogP contribution in [0.2, 0.25) is 0 Å². The number of carbonyl (C=O) groups is 2. The van der Waals surface area contributed by atoms with E-state index in [-0.39, 0.29) is 17.9 Å². The first-order valence-electron chi connectivity index (χ1n) is 10.6. The minimum Gasteiger partial charge on any atom is -0.490 e. The third-order valence-corrected chi connectivity index (χ3v) is 5.15. The first kappa shape index (κ1) is 21.7. The molecule has 1 fully saturated rings. The molecule has 0 aliphatic carbocycles. The lowest BCUT2D eigenvalue weighted by Crippen LogP contribution is -2.27. The Hall–Kier alpha value is -3.02. The summed E-state index contributed by atoms with van der Waals surface area (Å²) in [6.07, 6.45) is 1.52. The lowest BCUT2D eigenvalue weighted by Gasteiger charge is -2.18. The highest BCUT2D eigenvalue weighted by Gasteiger charge is 2.20. The third-order valence-electron chi connectivity index (χ3n) is 5.15. The monoisotopic (exact) mass is 410 g/mol. The van der Waals surface area contributed by atoms with Gasteiger partial charge in [-0.15, -0.1) is 0 Å². The molecule has 0 radical (unpaired) electrons. The molecule has 1 atom stereocenters. The van der Waals surface area contributed by atoms with Crippen molar-refractivity contribution < 1.29 is 19.1 Å². The molecule has 2 aromatic carbocycles. The first-order chi connectivity index (χ1) is 14.5. The van der Waals surface area contributed by atoms with Gasteiger partial charge in [0.1, 0.15) is 0 Å². The zero-order valence-electron chi connectivity index (χ0n) is 17.9. The molecule has 1 heterocycles. The molecule has 1 N–H and O–H groups in total. The number of carbonyl (C=O) groups excluding carboxylic acids is 2. The van der Waals surface area contributed by atoms with E-state index in [1.807, 2.05) is 62.1 Å². The van der Waals surface area contributed by atoms with Crippen LogP contribution >= 0.6 is 0 Å². The van der Waals surface area contributed by atoms with Gasteiger partial charge in [-0.25, -0.2) is 0 Å². The van der Waals surface area contributed by atoms with Gasteiger partial charge < -0.3 is 19.7 Å². The molecule has 6 heteroatoms. The number of rotatable bonds is 9. The van der Waals surface area contributed by atoms with Gasteiger partial charge in [0.05, 0.1) is 19.3 Å². The van der Waals surface area contributed by atoms with Gasteiger partial charge in [0, 0.05) is 25.1 Å². The normalized spacial score (nSPS) is 14.5. The average molecular weight is 411 g/mol. The molecule has 0 unspecified atom stereocenters. The summed E-state index contributed by atoms with van der Waals surface area (Å²) in [7, 11) is 0. The summed E-state index contributed by atoms with van der Waals surface area (Å²) >= 11 is 0. The Balaban J connectivity index is 1.68. The maximum Gasteiger partial charge on any atom is 0.251 e. The van der Waals surface area contributed by atoms with E-state index in [9.17, 15) is 9.59 Å². The number of nitrogens with one attached hydrogen (secondary N) is 1. The predicted octanol–water partition coefficient (Wildman–Crippen LogP) is 4.10. The van der Waals surface area contributed by atoms with E-state index in [2.05, 4.69) is 5.32 Å². The molecular formula is C24H30N2O4. The minimum absolute atomic E-state index is 0.149. The van der Waals surface area contributed by atoms with Crippen LogP contribution in [0.4, 0.5) is 0 Å². The Kier molecular flexibility index (Phi) is 7.33. The van der Waals surface area contributed by atoms with Gasteiger partial charge in [0.25, 0.3) is 5.91 Å². The minimum atomic E-state index is -0.198. The number of benzene rings is 2. The second kappa shape index (κ2) is 10.1. The molecule has 1 aliphatic rings. The van der Waals surface area contributed by atoms with Crippen molar-refractivity contribution in [2.24, 2.45) is 0 Å². The molecule has 30 heavy (non-hydrogen) atoms. The SMILES string of the molecule is CCOc1ccc([C@H](C)NC(=O)c2cccc(CN3CCCC3=O)c2)cc1OCC. The van der Waals surface area contributed by atoms with Gasteiger partial charge in [-0.1, -0.05) is 18.2 Å². The van der Waals surface area contributed by atoms with Crippen molar-refractivity contribution in [2.75, 3.05) is 19.8 Å². The Morgan fingerprint density at radius 3 is 2.57 bits per heavy atom. The van der Waals surface area contributed by atoms with Crippen molar-refractivity contribution in [2.45, 2.75) is 46.2 Å². The number of likely N-dealkylation sites (tertiary alicyclic amines) is 1. The summed E-state index contributed by atoms with van der Waals surface area (Å²) in [5.74, 6) is 1.41. The Labute approximate surface area is 178 Å². The zero-order chi connectivity index (χ0) is 21.5. The van der Waals surface area contributed by atoms with Crippen LogP contribution in [0.5, 0.6) is 11.5 Å². The molecule has 160 valence electrons. The van der Waals surface area contributed by atoms with Crippen molar-refractivity contribution in [1.29, 1.82) is 0 Å². The summed E-state index contributed by atoms with van der Waals surface area (Å²) in [6.45, 7) is 8.23. The van der Waals surface area contributed by atoms with Crippen LogP contribution in [0.25, 0.3) is 0 Å². The summed E-state index contributed by atoms with van der Waals surface area (Å²) in [4.78, 5) is 26.5. The van der Waals surface area contributed by atoms with E-state index in [4.69, 9.17) is 9.47 Å². The molecule has 0 aromatic heterocycles. The van der Waals surface area contributed by atoms with E-state index >= 15 is 0 Å². The molecule has 0 bridgehead atoms. The van der Waals surface area contributed by atoms with Gasteiger partial charge in [-0.3, -0.25) is 9.59 Å². The van der Waals surface area contributed by atoms with E-state index in [0.29, 0.717) is 43.2 Å². The molecule has 1 saturated heterocycles. The molecule has 3 rings (SSSR count). The fourth-order valence-corrected chi connectivity index (χ4v) is 3.60. The highest BCUT2D eigenvalue weighted by molar-refractivity contribution is 5.94. The Morgan fingerprint density at radius 2 is 1.87 bits per heavy atom. The fraction of sp³-hybridized carbons (Fsp3) is 0.417. The van der Waals surface area contributed by atoms with E-state index < -0.39 is 0 Å². The number of ether oxygens (including phenoxy) is 2. The maximum absolute atomic E-state index is 12.8. The number of hydrogen-bond acceptors (Lipinski definition) is 4. The van der Waals surface area contributed by atoms with Crippen LogP contribution in [0.3, 0.4) is 0 Å². The second-order valence-corrected chi connectivity index (χ2v) is 7.39. The van der Waals surface area contributed by atoms with Crippen LogP contribution in [0.1, 0.15) is 61.1 Å². The van der Waals surface area contributed by atoms with Gasteiger partial charge >= 0.3 is 0 Å². The van der Waals surface area contributed by atoms with Crippen molar-refractivity contribution in [3.8, 4) is 11.5 Å². The highest BCUT2D eigenvalue weighted by Crippen LogP contribution is 2.30. The van der Waals surface area contributed by atoms with Gasteiger partial charge in [0.2, 0.25) is 5.91 Å². The van der Waals surface area contributed by atoms with Crippen LogP contribution in [-0.4, -0.2) is 36.5 Å². The van der Waals surface area contributed by atoms with E-state index in [0.717, 1.165) is 24.1 Å². The lowest BCUT2D eigenvalue weighted by molar-refractivity contribution is -0.128. The highest BCUT2D eigenvalue weighted by atomic mass is 16.5. The van der Waals surface area contributed by atoms with Crippen molar-refractivity contribution >= 4 is 11.8 Å². The van der Waals surface area contributed by atoms with Crippen LogP contribution in [0, 0.1) is 0 Å². The van der Waals surface area contributed by atoms with Crippen LogP contribution < -0.4 is 14.8 Å². The summed E-state index contributed by atoms with van der Waals surface area (Å²) < 4.78 is 11.3. The molecule has 2 aromatic rings. The molecule has 0 spiro atoms. The first-order valence-corrected chi connectivity index (χ1v) is 10.6. The van der Waals surface area contributed by atoms with Crippen LogP contribution in [0.15, 0.2) is 42.5 Å². The van der Waals surface area contributed by atoms with Gasteiger partial charge in [-0.2, -0.15) is 0 Å². The summed E-state index contributed by atoms with van der Waals surface area (Å²) in [5, 5.41) is 3.05. The zero-order valence-corrected chi connectivity index (χ0v) is 17.9. The maximum atomic E-state index is 12.8. The second-order valence-electron chi connectivity index (χ2n) is 7.39. The van der Waals surface area contributed by atoms with Crippen molar-refractivity contribution in [3.05, 3.63) is 59.2 Å². The average Bonchev–Trinajstić information content (AvgIpc) is 3.14. The lowest BCUT2D eigenvalue weighted by atomic mass is 10.1. The number of nitrogens with zero attached hydrogens (tertiary/aromatic N) is 1. The summed E-state index contributed by atoms with van der Waals surface area (Å²) in [6, 6.07) is 13.0. The topological polar surface area (TPSA) is 67.9 Å². The van der Waals surface area contributed by atoms with Crippen molar-refractivity contribution in [1.82, 2.24) is 10.2 Å².